The highest BCUT2D eigenvalue weighted by molar-refractivity contribution is 5.79. The van der Waals surface area contributed by atoms with Crippen molar-refractivity contribution in [3.63, 3.8) is 0 Å². The molecule has 2 unspecified atom stereocenters. The van der Waals surface area contributed by atoms with Gasteiger partial charge in [0.1, 0.15) is 11.6 Å². The Morgan fingerprint density at radius 2 is 1.67 bits per heavy atom. The molecule has 0 aliphatic carbocycles. The van der Waals surface area contributed by atoms with E-state index in [1.165, 1.54) is 36.4 Å². The van der Waals surface area contributed by atoms with Crippen LogP contribution in [0.2, 0.25) is 0 Å². The summed E-state index contributed by atoms with van der Waals surface area (Å²) in [5.41, 5.74) is 1.34. The molecule has 0 saturated heterocycles. The number of methoxy groups -OCH3 is 1. The summed E-state index contributed by atoms with van der Waals surface area (Å²) in [6.07, 6.45) is -1.24. The molecule has 0 amide bonds. The summed E-state index contributed by atoms with van der Waals surface area (Å²) in [6.45, 7) is 0.0475. The molecule has 0 heterocycles. The molecule has 0 aliphatic rings. The second-order valence-corrected chi connectivity index (χ2v) is 6.34. The third-order valence-electron chi connectivity index (χ3n) is 4.24. The highest BCUT2D eigenvalue weighted by Crippen LogP contribution is 2.20. The number of halogens is 3. The summed E-state index contributed by atoms with van der Waals surface area (Å²) in [5, 5.41) is 16.5. The average Bonchev–Trinajstić information content (AvgIpc) is 2.73. The Kier molecular flexibility index (Phi) is 9.43. The van der Waals surface area contributed by atoms with Crippen molar-refractivity contribution in [3.8, 4) is 5.75 Å². The number of benzene rings is 2. The first-order valence-electron chi connectivity index (χ1n) is 9.46. The second-order valence-electron chi connectivity index (χ2n) is 6.34. The van der Waals surface area contributed by atoms with Crippen LogP contribution in [0.4, 0.5) is 13.2 Å². The van der Waals surface area contributed by atoms with E-state index in [1.807, 2.05) is 6.92 Å². The Morgan fingerprint density at radius 1 is 1.03 bits per heavy atom. The molecule has 30 heavy (non-hydrogen) atoms. The van der Waals surface area contributed by atoms with Gasteiger partial charge >= 0.3 is 6.61 Å². The van der Waals surface area contributed by atoms with Crippen LogP contribution in [0.3, 0.4) is 0 Å². The Labute approximate surface area is 173 Å². The molecule has 2 aromatic carbocycles. The molecule has 0 radical (unpaired) electrons. The lowest BCUT2D eigenvalue weighted by Gasteiger charge is -2.19. The van der Waals surface area contributed by atoms with E-state index in [4.69, 9.17) is 4.74 Å². The Balaban J connectivity index is 1.96. The normalized spacial score (nSPS) is 13.8. The van der Waals surface area contributed by atoms with Crippen molar-refractivity contribution >= 4 is 5.96 Å². The van der Waals surface area contributed by atoms with Crippen molar-refractivity contribution in [2.45, 2.75) is 25.7 Å². The van der Waals surface area contributed by atoms with Gasteiger partial charge in [-0.25, -0.2) is 4.39 Å². The van der Waals surface area contributed by atoms with Crippen molar-refractivity contribution in [3.05, 3.63) is 65.5 Å². The number of aliphatic imine (C=N–C) groups is 1. The van der Waals surface area contributed by atoms with Gasteiger partial charge in [-0.05, 0) is 42.3 Å². The van der Waals surface area contributed by atoms with Crippen LogP contribution >= 0.6 is 0 Å². The van der Waals surface area contributed by atoms with Gasteiger partial charge in [0.25, 0.3) is 0 Å². The van der Waals surface area contributed by atoms with Crippen LogP contribution in [0.25, 0.3) is 0 Å². The van der Waals surface area contributed by atoms with Gasteiger partial charge in [0, 0.05) is 20.2 Å². The zero-order chi connectivity index (χ0) is 21.9. The molecule has 2 rings (SSSR count). The molecule has 2 aromatic rings. The first-order valence-corrected chi connectivity index (χ1v) is 9.46. The summed E-state index contributed by atoms with van der Waals surface area (Å²) in [6, 6.07) is 11.8. The predicted molar refractivity (Wildman–Crippen MR) is 108 cm³/mol. The fourth-order valence-corrected chi connectivity index (χ4v) is 2.70. The van der Waals surface area contributed by atoms with Crippen LogP contribution in [0.1, 0.15) is 30.3 Å². The summed E-state index contributed by atoms with van der Waals surface area (Å²) in [5.74, 6) is 0.170. The van der Waals surface area contributed by atoms with Crippen LogP contribution in [0.15, 0.2) is 53.5 Å². The van der Waals surface area contributed by atoms with Crippen LogP contribution in [0.5, 0.6) is 5.75 Å². The standard InChI is InChI=1S/C21H26F3N3O3/c1-3-25-21(27-13-19(29-2)15-4-8-16(22)9-5-15)26-12-18(28)14-6-10-17(11-7-14)30-20(23)24/h4-11,18-20,28H,3,12-13H2,1-2H3,(H2,25,26,27). The Hall–Kier alpha value is -2.78. The maximum absolute atomic E-state index is 13.1. The van der Waals surface area contributed by atoms with E-state index in [2.05, 4.69) is 20.4 Å². The number of aliphatic hydroxyl groups excluding tert-OH is 1. The van der Waals surface area contributed by atoms with Crippen molar-refractivity contribution in [2.24, 2.45) is 4.99 Å². The molecule has 0 bridgehead atoms. The minimum absolute atomic E-state index is 0.0193. The molecule has 164 valence electrons. The molecule has 2 atom stereocenters. The zero-order valence-corrected chi connectivity index (χ0v) is 16.8. The van der Waals surface area contributed by atoms with Gasteiger partial charge in [-0.1, -0.05) is 24.3 Å². The molecule has 3 N–H and O–H groups in total. The van der Waals surface area contributed by atoms with E-state index in [1.54, 1.807) is 19.2 Å². The molecule has 0 aliphatic heterocycles. The number of guanidine groups is 1. The lowest BCUT2D eigenvalue weighted by Crippen LogP contribution is -2.40. The molecule has 0 spiro atoms. The molecule has 6 nitrogen and oxygen atoms in total. The quantitative estimate of drug-likeness (QED) is 0.402. The largest absolute Gasteiger partial charge is 0.435 e. The van der Waals surface area contributed by atoms with E-state index in [-0.39, 0.29) is 24.2 Å². The maximum atomic E-state index is 13.1. The number of alkyl halides is 2. The lowest BCUT2D eigenvalue weighted by molar-refractivity contribution is -0.0498. The summed E-state index contributed by atoms with van der Waals surface area (Å²) < 4.78 is 47.3. The number of hydrogen-bond acceptors (Lipinski definition) is 4. The number of hydrogen-bond donors (Lipinski definition) is 3. The van der Waals surface area contributed by atoms with Gasteiger partial charge in [0.2, 0.25) is 0 Å². The van der Waals surface area contributed by atoms with E-state index >= 15 is 0 Å². The van der Waals surface area contributed by atoms with Crippen LogP contribution in [-0.2, 0) is 4.74 Å². The van der Waals surface area contributed by atoms with Gasteiger partial charge in [-0.15, -0.1) is 0 Å². The molecule has 0 saturated carbocycles. The van der Waals surface area contributed by atoms with Crippen LogP contribution < -0.4 is 15.4 Å². The van der Waals surface area contributed by atoms with Crippen molar-refractivity contribution < 1.29 is 27.8 Å². The van der Waals surface area contributed by atoms with E-state index < -0.39 is 12.7 Å². The predicted octanol–water partition coefficient (Wildman–Crippen LogP) is 3.40. The van der Waals surface area contributed by atoms with Crippen molar-refractivity contribution in [1.29, 1.82) is 0 Å². The number of nitrogens with one attached hydrogen (secondary N) is 2. The fraction of sp³-hybridized carbons (Fsp3) is 0.381. The van der Waals surface area contributed by atoms with E-state index in [0.717, 1.165) is 5.56 Å². The summed E-state index contributed by atoms with van der Waals surface area (Å²) in [7, 11) is 1.56. The minimum atomic E-state index is -2.90. The third kappa shape index (κ3) is 7.57. The van der Waals surface area contributed by atoms with Gasteiger partial charge in [0.05, 0.1) is 18.8 Å². The monoisotopic (exact) mass is 425 g/mol. The van der Waals surface area contributed by atoms with Gasteiger partial charge in [0.15, 0.2) is 5.96 Å². The van der Waals surface area contributed by atoms with Crippen molar-refractivity contribution in [1.82, 2.24) is 10.6 Å². The third-order valence-corrected chi connectivity index (χ3v) is 4.24. The minimum Gasteiger partial charge on any atom is -0.435 e. The SMILES string of the molecule is CCNC(=NCC(O)c1ccc(OC(F)F)cc1)NCC(OC)c1ccc(F)cc1. The Bertz CT molecular complexity index is 786. The zero-order valence-electron chi connectivity index (χ0n) is 16.8. The summed E-state index contributed by atoms with van der Waals surface area (Å²) in [4.78, 5) is 4.35. The molecular weight excluding hydrogens is 399 g/mol. The first kappa shape index (κ1) is 23.5. The number of nitrogens with zero attached hydrogens (tertiary/aromatic N) is 1. The maximum Gasteiger partial charge on any atom is 0.387 e. The van der Waals surface area contributed by atoms with E-state index in [0.29, 0.717) is 24.6 Å². The van der Waals surface area contributed by atoms with E-state index in [9.17, 15) is 18.3 Å². The van der Waals surface area contributed by atoms with Gasteiger partial charge in [-0.2, -0.15) is 8.78 Å². The van der Waals surface area contributed by atoms with Crippen molar-refractivity contribution in [2.75, 3.05) is 26.7 Å². The van der Waals surface area contributed by atoms with Crippen LogP contribution in [0, 0.1) is 5.82 Å². The second kappa shape index (κ2) is 12.0. The Morgan fingerprint density at radius 3 is 2.23 bits per heavy atom. The molecule has 0 fully saturated rings. The number of rotatable bonds is 10. The van der Waals surface area contributed by atoms with Gasteiger partial charge < -0.3 is 25.2 Å². The topological polar surface area (TPSA) is 75.1 Å². The fourth-order valence-electron chi connectivity index (χ4n) is 2.70. The molecule has 9 heteroatoms. The number of ether oxygens (including phenoxy) is 2. The molecular formula is C21H26F3N3O3. The van der Waals surface area contributed by atoms with Gasteiger partial charge in [-0.3, -0.25) is 4.99 Å². The molecule has 0 aromatic heterocycles. The number of aliphatic hydroxyl groups is 1. The van der Waals surface area contributed by atoms with Crippen LogP contribution in [-0.4, -0.2) is 44.4 Å². The summed E-state index contributed by atoms with van der Waals surface area (Å²) >= 11 is 0. The highest BCUT2D eigenvalue weighted by atomic mass is 19.3. The smallest absolute Gasteiger partial charge is 0.387 e. The average molecular weight is 425 g/mol. The first-order chi connectivity index (χ1) is 14.4. The highest BCUT2D eigenvalue weighted by Gasteiger charge is 2.13. The lowest BCUT2D eigenvalue weighted by atomic mass is 10.1.